The van der Waals surface area contributed by atoms with Gasteiger partial charge in [-0.15, -0.1) is 19.7 Å². The van der Waals surface area contributed by atoms with Gasteiger partial charge in [0.2, 0.25) is 0 Å². The average Bonchev–Trinajstić information content (AvgIpc) is 2.79. The number of ether oxygens (including phenoxy) is 4. The molecule has 7 heteroatoms. The maximum absolute atomic E-state index is 11.6. The maximum Gasteiger partial charge on any atom is 0.330 e. The zero-order valence-corrected chi connectivity index (χ0v) is 18.7. The lowest BCUT2D eigenvalue weighted by Crippen LogP contribution is -2.40. The van der Waals surface area contributed by atoms with Gasteiger partial charge in [-0.25, -0.2) is 14.4 Å². The molecule has 0 atom stereocenters. The van der Waals surface area contributed by atoms with Gasteiger partial charge in [-0.2, -0.15) is 0 Å². The predicted molar refractivity (Wildman–Crippen MR) is 124 cm³/mol. The number of rotatable bonds is 19. The van der Waals surface area contributed by atoms with Crippen LogP contribution >= 0.6 is 0 Å². The third kappa shape index (κ3) is 10.7. The summed E-state index contributed by atoms with van der Waals surface area (Å²) in [5.41, 5.74) is -1.48. The fourth-order valence-electron chi connectivity index (χ4n) is 2.91. The predicted octanol–water partition coefficient (Wildman–Crippen LogP) is 3.89. The minimum Gasteiger partial charge on any atom is -0.462 e. The summed E-state index contributed by atoms with van der Waals surface area (Å²) in [6.45, 7) is 21.6. The van der Waals surface area contributed by atoms with Crippen molar-refractivity contribution in [2.45, 2.75) is 19.3 Å². The van der Waals surface area contributed by atoms with Crippen LogP contribution in [0.15, 0.2) is 75.9 Å². The standard InChI is InChI=1S/C25H34O7/c1-7-13-24(14-8-2,18-30-21(26)10-4)16-29-17-25(15-9-3,19-31-22(27)11-5)20-32-23(28)12-6/h7-12H,1-6,13-20H2. The van der Waals surface area contributed by atoms with Crippen molar-refractivity contribution in [2.24, 2.45) is 10.8 Å². The molecule has 0 aliphatic rings. The van der Waals surface area contributed by atoms with Crippen LogP contribution in [0.4, 0.5) is 0 Å². The Morgan fingerprint density at radius 3 is 1.19 bits per heavy atom. The number of hydrogen-bond donors (Lipinski definition) is 0. The first-order chi connectivity index (χ1) is 15.3. The van der Waals surface area contributed by atoms with Gasteiger partial charge in [0, 0.05) is 23.6 Å². The Bertz CT molecular complexity index is 671. The molecule has 0 aromatic rings. The van der Waals surface area contributed by atoms with Gasteiger partial charge in [-0.05, 0) is 19.3 Å². The van der Waals surface area contributed by atoms with Crippen LogP contribution in [0.5, 0.6) is 0 Å². The van der Waals surface area contributed by atoms with E-state index < -0.39 is 28.7 Å². The lowest BCUT2D eigenvalue weighted by atomic mass is 9.82. The zero-order valence-electron chi connectivity index (χ0n) is 18.7. The largest absolute Gasteiger partial charge is 0.462 e. The summed E-state index contributed by atoms with van der Waals surface area (Å²) in [6.07, 6.45) is 9.55. The number of carbonyl (C=O) groups excluding carboxylic acids is 3. The summed E-state index contributed by atoms with van der Waals surface area (Å²) in [5, 5.41) is 0. The molecule has 32 heavy (non-hydrogen) atoms. The van der Waals surface area contributed by atoms with Crippen molar-refractivity contribution in [3.63, 3.8) is 0 Å². The van der Waals surface area contributed by atoms with E-state index in [1.807, 2.05) is 0 Å². The molecule has 0 aliphatic heterocycles. The number of esters is 3. The lowest BCUT2D eigenvalue weighted by Gasteiger charge is -2.35. The second-order valence-electron chi connectivity index (χ2n) is 7.41. The summed E-state index contributed by atoms with van der Waals surface area (Å²) in [5.74, 6) is -1.77. The van der Waals surface area contributed by atoms with Crippen LogP contribution in [0, 0.1) is 10.8 Å². The number of allylic oxidation sites excluding steroid dienone is 3. The fourth-order valence-corrected chi connectivity index (χ4v) is 2.91. The van der Waals surface area contributed by atoms with Gasteiger partial charge in [-0.3, -0.25) is 0 Å². The van der Waals surface area contributed by atoms with Gasteiger partial charge in [0.05, 0.1) is 18.6 Å². The van der Waals surface area contributed by atoms with E-state index in [9.17, 15) is 14.4 Å². The Hall–Kier alpha value is -3.19. The molecule has 0 fully saturated rings. The quantitative estimate of drug-likeness (QED) is 0.129. The van der Waals surface area contributed by atoms with Gasteiger partial charge < -0.3 is 18.9 Å². The van der Waals surface area contributed by atoms with Gasteiger partial charge in [0.25, 0.3) is 0 Å². The van der Waals surface area contributed by atoms with E-state index in [2.05, 4.69) is 39.5 Å². The first-order valence-electron chi connectivity index (χ1n) is 10.0. The van der Waals surface area contributed by atoms with Crippen molar-refractivity contribution in [1.82, 2.24) is 0 Å². The lowest BCUT2D eigenvalue weighted by molar-refractivity contribution is -0.153. The highest BCUT2D eigenvalue weighted by Gasteiger charge is 2.36. The molecule has 0 saturated carbocycles. The van der Waals surface area contributed by atoms with Crippen molar-refractivity contribution in [3.05, 3.63) is 75.9 Å². The van der Waals surface area contributed by atoms with Crippen molar-refractivity contribution >= 4 is 17.9 Å². The molecule has 7 nitrogen and oxygen atoms in total. The number of hydrogen-bond acceptors (Lipinski definition) is 7. The second-order valence-corrected chi connectivity index (χ2v) is 7.41. The van der Waals surface area contributed by atoms with Crippen molar-refractivity contribution in [1.29, 1.82) is 0 Å². The van der Waals surface area contributed by atoms with Crippen LogP contribution in [-0.4, -0.2) is 50.9 Å². The normalized spacial score (nSPS) is 10.9. The average molecular weight is 447 g/mol. The molecule has 0 amide bonds. The van der Waals surface area contributed by atoms with Crippen molar-refractivity contribution in [3.8, 4) is 0 Å². The fraction of sp³-hybridized carbons (Fsp3) is 0.400. The summed E-state index contributed by atoms with van der Waals surface area (Å²) in [6, 6.07) is 0. The minimum atomic E-state index is -0.884. The third-order valence-corrected chi connectivity index (χ3v) is 4.61. The first kappa shape index (κ1) is 28.8. The van der Waals surface area contributed by atoms with Crippen LogP contribution in [0.3, 0.4) is 0 Å². The summed E-state index contributed by atoms with van der Waals surface area (Å²) in [7, 11) is 0. The Morgan fingerprint density at radius 1 is 0.531 bits per heavy atom. The molecular weight excluding hydrogens is 412 g/mol. The molecule has 0 spiro atoms. The Morgan fingerprint density at radius 2 is 0.844 bits per heavy atom. The van der Waals surface area contributed by atoms with Gasteiger partial charge in [-0.1, -0.05) is 38.0 Å². The molecule has 0 bridgehead atoms. The highest BCUT2D eigenvalue weighted by molar-refractivity contribution is 5.82. The van der Waals surface area contributed by atoms with Crippen LogP contribution in [0.2, 0.25) is 0 Å². The Labute approximate surface area is 190 Å². The first-order valence-corrected chi connectivity index (χ1v) is 10.0. The van der Waals surface area contributed by atoms with E-state index in [4.69, 9.17) is 18.9 Å². The van der Waals surface area contributed by atoms with Crippen LogP contribution in [0.1, 0.15) is 19.3 Å². The molecule has 0 aliphatic carbocycles. The molecule has 176 valence electrons. The summed E-state index contributed by atoms with van der Waals surface area (Å²) in [4.78, 5) is 34.8. The summed E-state index contributed by atoms with van der Waals surface area (Å²) < 4.78 is 21.8. The van der Waals surface area contributed by atoms with E-state index in [0.717, 1.165) is 18.2 Å². The van der Waals surface area contributed by atoms with Crippen LogP contribution < -0.4 is 0 Å². The van der Waals surface area contributed by atoms with Gasteiger partial charge >= 0.3 is 17.9 Å². The SMILES string of the molecule is C=CCC(CC=C)(COCC(CC=C)(COC(=O)C=C)COC(=O)C=C)COC(=O)C=C. The monoisotopic (exact) mass is 446 g/mol. The molecule has 0 aromatic heterocycles. The van der Waals surface area contributed by atoms with Gasteiger partial charge in [0.1, 0.15) is 19.8 Å². The molecule has 0 N–H and O–H groups in total. The van der Waals surface area contributed by atoms with E-state index >= 15 is 0 Å². The zero-order chi connectivity index (χ0) is 24.5. The highest BCUT2D eigenvalue weighted by Crippen LogP contribution is 2.31. The molecule has 0 heterocycles. The van der Waals surface area contributed by atoms with Crippen molar-refractivity contribution < 1.29 is 33.3 Å². The maximum atomic E-state index is 11.6. The molecule has 0 rings (SSSR count). The topological polar surface area (TPSA) is 88.1 Å². The Kier molecular flexibility index (Phi) is 14.0. The smallest absolute Gasteiger partial charge is 0.330 e. The molecule has 0 radical (unpaired) electrons. The van der Waals surface area contributed by atoms with Crippen molar-refractivity contribution in [2.75, 3.05) is 33.0 Å². The minimum absolute atomic E-state index is 0.0688. The van der Waals surface area contributed by atoms with E-state index in [-0.39, 0.29) is 33.0 Å². The highest BCUT2D eigenvalue weighted by atomic mass is 16.6. The van der Waals surface area contributed by atoms with E-state index in [0.29, 0.717) is 19.3 Å². The van der Waals surface area contributed by atoms with Gasteiger partial charge in [0.15, 0.2) is 0 Å². The molecule has 0 aromatic carbocycles. The molecular formula is C25H34O7. The van der Waals surface area contributed by atoms with Crippen LogP contribution in [-0.2, 0) is 33.3 Å². The Balaban J connectivity index is 5.58. The van der Waals surface area contributed by atoms with Crippen LogP contribution in [0.25, 0.3) is 0 Å². The molecule has 0 saturated heterocycles. The third-order valence-electron chi connectivity index (χ3n) is 4.61. The van der Waals surface area contributed by atoms with E-state index in [1.54, 1.807) is 18.2 Å². The molecule has 0 unspecified atom stereocenters. The number of carbonyl (C=O) groups is 3. The second kappa shape index (κ2) is 15.6. The van der Waals surface area contributed by atoms with E-state index in [1.165, 1.54) is 0 Å². The summed E-state index contributed by atoms with van der Waals surface area (Å²) >= 11 is 0.